The Morgan fingerprint density at radius 2 is 2.08 bits per heavy atom. The zero-order valence-corrected chi connectivity index (χ0v) is 15.4. The molecule has 1 aromatic carbocycles. The number of anilines is 1. The van der Waals surface area contributed by atoms with Gasteiger partial charge in [-0.05, 0) is 44.0 Å². The number of aromatic nitrogens is 3. The Balaban J connectivity index is 1.67. The maximum Gasteiger partial charge on any atom is 0.236 e. The molecular weight excluding hydrogens is 340 g/mol. The van der Waals surface area contributed by atoms with E-state index in [-0.39, 0.29) is 5.91 Å². The molecule has 0 radical (unpaired) electrons. The van der Waals surface area contributed by atoms with Gasteiger partial charge >= 0.3 is 0 Å². The summed E-state index contributed by atoms with van der Waals surface area (Å²) in [6, 6.07) is 8.31. The van der Waals surface area contributed by atoms with E-state index in [0.29, 0.717) is 10.9 Å². The number of benzene rings is 1. The second-order valence-electron chi connectivity index (χ2n) is 5.50. The first-order chi connectivity index (χ1) is 11.5. The summed E-state index contributed by atoms with van der Waals surface area (Å²) in [5, 5.41) is 14.2. The zero-order valence-electron chi connectivity index (χ0n) is 13.8. The lowest BCUT2D eigenvalue weighted by molar-refractivity contribution is -0.113. The molecule has 0 fully saturated rings. The van der Waals surface area contributed by atoms with Crippen LogP contribution in [-0.2, 0) is 11.2 Å². The molecular formula is C17H18N4OS2. The van der Waals surface area contributed by atoms with Crippen LogP contribution in [0.15, 0.2) is 29.3 Å². The highest BCUT2D eigenvalue weighted by Crippen LogP contribution is 2.25. The molecule has 0 saturated heterocycles. The van der Waals surface area contributed by atoms with Gasteiger partial charge in [0.2, 0.25) is 11.0 Å². The number of pyridine rings is 1. The molecule has 7 heteroatoms. The fourth-order valence-electron chi connectivity index (χ4n) is 2.27. The minimum atomic E-state index is -0.0935. The van der Waals surface area contributed by atoms with E-state index in [1.807, 2.05) is 26.0 Å². The molecule has 0 atom stereocenters. The maximum absolute atomic E-state index is 12.1. The van der Waals surface area contributed by atoms with Crippen LogP contribution >= 0.6 is 23.1 Å². The van der Waals surface area contributed by atoms with Gasteiger partial charge in [0.1, 0.15) is 10.0 Å². The topological polar surface area (TPSA) is 67.8 Å². The average molecular weight is 358 g/mol. The molecule has 0 aliphatic heterocycles. The molecule has 3 rings (SSSR count). The predicted octanol–water partition coefficient (Wildman–Crippen LogP) is 4.00. The van der Waals surface area contributed by atoms with Gasteiger partial charge in [-0.2, -0.15) is 0 Å². The van der Waals surface area contributed by atoms with E-state index in [0.717, 1.165) is 32.9 Å². The summed E-state index contributed by atoms with van der Waals surface area (Å²) >= 11 is 2.85. The maximum atomic E-state index is 12.1. The average Bonchev–Trinajstić information content (AvgIpc) is 3.00. The first-order valence-electron chi connectivity index (χ1n) is 7.68. The highest BCUT2D eigenvalue weighted by atomic mass is 32.2. The van der Waals surface area contributed by atoms with Crippen molar-refractivity contribution in [3.63, 3.8) is 0 Å². The quantitative estimate of drug-likeness (QED) is 0.698. The zero-order chi connectivity index (χ0) is 17.1. The van der Waals surface area contributed by atoms with E-state index in [1.54, 1.807) is 0 Å². The number of hydrogen-bond donors (Lipinski definition) is 1. The van der Waals surface area contributed by atoms with Crippen molar-refractivity contribution in [1.29, 1.82) is 0 Å². The molecule has 124 valence electrons. The molecule has 0 aliphatic carbocycles. The lowest BCUT2D eigenvalue weighted by Gasteiger charge is -2.07. The van der Waals surface area contributed by atoms with Crippen molar-refractivity contribution in [3.8, 4) is 0 Å². The van der Waals surface area contributed by atoms with Gasteiger partial charge in [0.05, 0.1) is 11.3 Å². The number of hydrogen-bond acceptors (Lipinski definition) is 6. The van der Waals surface area contributed by atoms with E-state index >= 15 is 0 Å². The Hall–Kier alpha value is -1.99. The van der Waals surface area contributed by atoms with Gasteiger partial charge in [-0.15, -0.1) is 10.2 Å². The molecule has 0 saturated carbocycles. The van der Waals surface area contributed by atoms with E-state index in [2.05, 4.69) is 39.6 Å². The number of amides is 1. The fraction of sp³-hybridized carbons (Fsp3) is 0.294. The van der Waals surface area contributed by atoms with Crippen LogP contribution in [-0.4, -0.2) is 26.8 Å². The van der Waals surface area contributed by atoms with Crippen LogP contribution in [0.2, 0.25) is 0 Å². The Bertz CT molecular complexity index is 891. The summed E-state index contributed by atoms with van der Waals surface area (Å²) in [7, 11) is 0. The number of nitrogens with zero attached hydrogens (tertiary/aromatic N) is 3. The molecule has 0 spiro atoms. The number of fused-ring (bicyclic) bond motifs is 1. The highest BCUT2D eigenvalue weighted by molar-refractivity contribution is 8.00. The van der Waals surface area contributed by atoms with Crippen molar-refractivity contribution >= 4 is 45.0 Å². The van der Waals surface area contributed by atoms with Gasteiger partial charge in [0.15, 0.2) is 0 Å². The van der Waals surface area contributed by atoms with Crippen LogP contribution < -0.4 is 5.32 Å². The van der Waals surface area contributed by atoms with Gasteiger partial charge in [-0.1, -0.05) is 41.7 Å². The number of rotatable bonds is 5. The Kier molecular flexibility index (Phi) is 5.11. The molecule has 0 aliphatic rings. The van der Waals surface area contributed by atoms with Crippen LogP contribution in [0, 0.1) is 13.8 Å². The van der Waals surface area contributed by atoms with Gasteiger partial charge in [-0.3, -0.25) is 10.1 Å². The van der Waals surface area contributed by atoms with Gasteiger partial charge < -0.3 is 0 Å². The number of thioether (sulfide) groups is 1. The van der Waals surface area contributed by atoms with E-state index in [9.17, 15) is 4.79 Å². The van der Waals surface area contributed by atoms with Gasteiger partial charge in [-0.25, -0.2) is 4.98 Å². The first-order valence-corrected chi connectivity index (χ1v) is 9.48. The second-order valence-corrected chi connectivity index (χ2v) is 7.52. The largest absolute Gasteiger partial charge is 0.300 e. The number of carbonyl (C=O) groups is 1. The minimum Gasteiger partial charge on any atom is -0.300 e. The molecule has 3 aromatic rings. The predicted molar refractivity (Wildman–Crippen MR) is 99.9 cm³/mol. The number of nitrogens with one attached hydrogen (secondary N) is 1. The lowest BCUT2D eigenvalue weighted by atomic mass is 10.1. The second kappa shape index (κ2) is 7.27. The standard InChI is InChI=1S/C17H18N4OS2/c1-4-15-20-21-17(24-15)19-14(22)9-23-16-11(3)8-12-7-10(2)5-6-13(12)18-16/h5-8H,4,9H2,1-3H3,(H,19,21,22). The molecule has 2 heterocycles. The Morgan fingerprint density at radius 1 is 1.25 bits per heavy atom. The molecule has 0 unspecified atom stereocenters. The summed E-state index contributed by atoms with van der Waals surface area (Å²) in [6.07, 6.45) is 0.821. The number of aryl methyl sites for hydroxylation is 3. The fourth-order valence-corrected chi connectivity index (χ4v) is 3.75. The Morgan fingerprint density at radius 3 is 2.83 bits per heavy atom. The summed E-state index contributed by atoms with van der Waals surface area (Å²) in [5.74, 6) is 0.204. The highest BCUT2D eigenvalue weighted by Gasteiger charge is 2.10. The van der Waals surface area contributed by atoms with Crippen LogP contribution in [0.4, 0.5) is 5.13 Å². The van der Waals surface area contributed by atoms with Crippen molar-refractivity contribution in [3.05, 3.63) is 40.4 Å². The van der Waals surface area contributed by atoms with E-state index in [1.165, 1.54) is 28.7 Å². The molecule has 1 N–H and O–H groups in total. The number of carbonyl (C=O) groups excluding carboxylic acids is 1. The van der Waals surface area contributed by atoms with Crippen LogP contribution in [0.3, 0.4) is 0 Å². The third-order valence-electron chi connectivity index (χ3n) is 3.47. The summed E-state index contributed by atoms with van der Waals surface area (Å²) < 4.78 is 0. The first kappa shape index (κ1) is 16.9. The summed E-state index contributed by atoms with van der Waals surface area (Å²) in [4.78, 5) is 16.8. The normalized spacial score (nSPS) is 11.0. The third-order valence-corrected chi connectivity index (χ3v) is 5.55. The molecule has 5 nitrogen and oxygen atoms in total. The molecule has 24 heavy (non-hydrogen) atoms. The third kappa shape index (κ3) is 3.91. The van der Waals surface area contributed by atoms with Crippen molar-refractivity contribution in [2.45, 2.75) is 32.2 Å². The lowest BCUT2D eigenvalue weighted by Crippen LogP contribution is -2.14. The Labute approximate surface area is 148 Å². The smallest absolute Gasteiger partial charge is 0.236 e. The SMILES string of the molecule is CCc1nnc(NC(=O)CSc2nc3ccc(C)cc3cc2C)s1. The van der Waals surface area contributed by atoms with Crippen LogP contribution in [0.5, 0.6) is 0 Å². The van der Waals surface area contributed by atoms with Crippen molar-refractivity contribution in [1.82, 2.24) is 15.2 Å². The van der Waals surface area contributed by atoms with Crippen LogP contribution in [0.1, 0.15) is 23.1 Å². The van der Waals surface area contributed by atoms with Crippen molar-refractivity contribution in [2.75, 3.05) is 11.1 Å². The molecule has 2 aromatic heterocycles. The van der Waals surface area contributed by atoms with Crippen molar-refractivity contribution in [2.24, 2.45) is 0 Å². The van der Waals surface area contributed by atoms with Gasteiger partial charge in [0, 0.05) is 5.39 Å². The monoisotopic (exact) mass is 358 g/mol. The minimum absolute atomic E-state index is 0.0935. The van der Waals surface area contributed by atoms with E-state index in [4.69, 9.17) is 0 Å². The summed E-state index contributed by atoms with van der Waals surface area (Å²) in [5.41, 5.74) is 3.24. The summed E-state index contributed by atoms with van der Waals surface area (Å²) in [6.45, 7) is 6.10. The molecule has 0 bridgehead atoms. The van der Waals surface area contributed by atoms with Crippen molar-refractivity contribution < 1.29 is 4.79 Å². The molecule has 1 amide bonds. The van der Waals surface area contributed by atoms with Gasteiger partial charge in [0.25, 0.3) is 0 Å². The van der Waals surface area contributed by atoms with Crippen LogP contribution in [0.25, 0.3) is 10.9 Å². The van der Waals surface area contributed by atoms with E-state index < -0.39 is 0 Å².